The molecule has 0 atom stereocenters. The lowest BCUT2D eigenvalue weighted by molar-refractivity contribution is -0.141. The van der Waals surface area contributed by atoms with Gasteiger partial charge in [-0.15, -0.1) is 0 Å². The highest BCUT2D eigenvalue weighted by molar-refractivity contribution is 5.35. The third-order valence-electron chi connectivity index (χ3n) is 2.50. The Bertz CT molecular complexity index is 631. The molecule has 0 aromatic carbocycles. The number of alkyl halides is 3. The van der Waals surface area contributed by atoms with E-state index in [1.165, 1.54) is 0 Å². The molecule has 0 spiro atoms. The van der Waals surface area contributed by atoms with Crippen molar-refractivity contribution < 1.29 is 17.9 Å². The summed E-state index contributed by atoms with van der Waals surface area (Å²) in [5, 5.41) is 2.64. The number of halogens is 3. The number of aryl methyl sites for hydroxylation is 1. The average molecular weight is 298 g/mol. The molecule has 8 heteroatoms. The van der Waals surface area contributed by atoms with Crippen molar-refractivity contribution in [1.82, 2.24) is 15.0 Å². The van der Waals surface area contributed by atoms with Gasteiger partial charge in [-0.25, -0.2) is 4.98 Å². The molecular formula is C13H13F3N4O. The molecule has 0 saturated heterocycles. The third kappa shape index (κ3) is 3.80. The predicted molar refractivity (Wildman–Crippen MR) is 70.2 cm³/mol. The van der Waals surface area contributed by atoms with Crippen LogP contribution in [0.4, 0.5) is 19.1 Å². The molecule has 0 unspecified atom stereocenters. The fourth-order valence-corrected chi connectivity index (χ4v) is 1.55. The molecule has 0 radical (unpaired) electrons. The second-order valence-corrected chi connectivity index (χ2v) is 4.13. The third-order valence-corrected chi connectivity index (χ3v) is 2.50. The lowest BCUT2D eigenvalue weighted by Crippen LogP contribution is -2.12. The Kier molecular flexibility index (Phi) is 4.25. The van der Waals surface area contributed by atoms with E-state index < -0.39 is 11.9 Å². The number of hydrogen-bond acceptors (Lipinski definition) is 5. The standard InChI is InChI=1S/C13H13F3N4O/c1-3-17-12-19-10(13(14,15)16)7-11(20-12)21-9-5-4-6-18-8(9)2/h4-7H,3H2,1-2H3,(H,17,19,20). The summed E-state index contributed by atoms with van der Waals surface area (Å²) in [5.74, 6) is 0.0139. The quantitative estimate of drug-likeness (QED) is 0.937. The summed E-state index contributed by atoms with van der Waals surface area (Å²) in [7, 11) is 0. The Morgan fingerprint density at radius 1 is 1.29 bits per heavy atom. The summed E-state index contributed by atoms with van der Waals surface area (Å²) >= 11 is 0. The Balaban J connectivity index is 2.38. The van der Waals surface area contributed by atoms with E-state index in [4.69, 9.17) is 4.74 Å². The molecule has 0 fully saturated rings. The van der Waals surface area contributed by atoms with Crippen molar-refractivity contribution in [2.75, 3.05) is 11.9 Å². The van der Waals surface area contributed by atoms with E-state index in [-0.39, 0.29) is 11.8 Å². The first kappa shape index (κ1) is 15.0. The van der Waals surface area contributed by atoms with Crippen LogP contribution in [0.5, 0.6) is 11.6 Å². The summed E-state index contributed by atoms with van der Waals surface area (Å²) in [6, 6.07) is 3.98. The largest absolute Gasteiger partial charge is 0.437 e. The maximum Gasteiger partial charge on any atom is 0.433 e. The van der Waals surface area contributed by atoms with Gasteiger partial charge in [-0.1, -0.05) is 0 Å². The number of nitrogens with zero attached hydrogens (tertiary/aromatic N) is 3. The van der Waals surface area contributed by atoms with Crippen LogP contribution < -0.4 is 10.1 Å². The topological polar surface area (TPSA) is 59.9 Å². The van der Waals surface area contributed by atoms with Crippen molar-refractivity contribution >= 4 is 5.95 Å². The molecular weight excluding hydrogens is 285 g/mol. The summed E-state index contributed by atoms with van der Waals surface area (Å²) < 4.78 is 43.8. The Morgan fingerprint density at radius 3 is 2.67 bits per heavy atom. The smallest absolute Gasteiger partial charge is 0.433 e. The minimum absolute atomic E-state index is 0.135. The normalized spacial score (nSPS) is 11.3. The van der Waals surface area contributed by atoms with Crippen LogP contribution in [-0.4, -0.2) is 21.5 Å². The highest BCUT2D eigenvalue weighted by atomic mass is 19.4. The predicted octanol–water partition coefficient (Wildman–Crippen LogP) is 3.42. The first-order valence-corrected chi connectivity index (χ1v) is 6.19. The van der Waals surface area contributed by atoms with Gasteiger partial charge in [0, 0.05) is 18.8 Å². The van der Waals surface area contributed by atoms with Crippen molar-refractivity contribution in [2.45, 2.75) is 20.0 Å². The molecule has 21 heavy (non-hydrogen) atoms. The van der Waals surface area contributed by atoms with Gasteiger partial charge in [-0.3, -0.25) is 4.98 Å². The van der Waals surface area contributed by atoms with E-state index in [1.54, 1.807) is 32.2 Å². The molecule has 0 aliphatic rings. The maximum absolute atomic E-state index is 12.8. The molecule has 2 aromatic heterocycles. The van der Waals surface area contributed by atoms with E-state index in [2.05, 4.69) is 20.3 Å². The van der Waals surface area contributed by atoms with E-state index in [9.17, 15) is 13.2 Å². The first-order chi connectivity index (χ1) is 9.90. The van der Waals surface area contributed by atoms with Gasteiger partial charge < -0.3 is 10.1 Å². The van der Waals surface area contributed by atoms with Gasteiger partial charge in [0.15, 0.2) is 11.4 Å². The summed E-state index contributed by atoms with van der Waals surface area (Å²) in [6.07, 6.45) is -3.01. The van der Waals surface area contributed by atoms with E-state index in [0.29, 0.717) is 18.0 Å². The second-order valence-electron chi connectivity index (χ2n) is 4.13. The zero-order chi connectivity index (χ0) is 15.5. The lowest BCUT2D eigenvalue weighted by atomic mass is 10.3. The Hall–Kier alpha value is -2.38. The van der Waals surface area contributed by atoms with Gasteiger partial charge >= 0.3 is 6.18 Å². The van der Waals surface area contributed by atoms with Gasteiger partial charge in [-0.05, 0) is 26.0 Å². The maximum atomic E-state index is 12.8. The monoisotopic (exact) mass is 298 g/mol. The van der Waals surface area contributed by atoms with Crippen LogP contribution in [0.3, 0.4) is 0 Å². The van der Waals surface area contributed by atoms with Crippen LogP contribution in [-0.2, 0) is 6.18 Å². The second kappa shape index (κ2) is 5.94. The number of pyridine rings is 1. The molecule has 0 aliphatic carbocycles. The van der Waals surface area contributed by atoms with Crippen molar-refractivity contribution in [2.24, 2.45) is 0 Å². The van der Waals surface area contributed by atoms with Gasteiger partial charge in [0.25, 0.3) is 0 Å². The number of aromatic nitrogens is 3. The number of ether oxygens (including phenoxy) is 1. The zero-order valence-electron chi connectivity index (χ0n) is 11.4. The van der Waals surface area contributed by atoms with Gasteiger partial charge in [0.2, 0.25) is 11.8 Å². The zero-order valence-corrected chi connectivity index (χ0v) is 11.4. The van der Waals surface area contributed by atoms with Crippen LogP contribution in [0.1, 0.15) is 18.3 Å². The van der Waals surface area contributed by atoms with Crippen molar-refractivity contribution in [3.8, 4) is 11.6 Å². The van der Waals surface area contributed by atoms with Crippen LogP contribution >= 0.6 is 0 Å². The summed E-state index contributed by atoms with van der Waals surface area (Å²) in [4.78, 5) is 11.3. The van der Waals surface area contributed by atoms with Crippen LogP contribution in [0.25, 0.3) is 0 Å². The van der Waals surface area contributed by atoms with Gasteiger partial charge in [0.1, 0.15) is 0 Å². The summed E-state index contributed by atoms with van der Waals surface area (Å²) in [5.41, 5.74) is -0.514. The molecule has 0 bridgehead atoms. The molecule has 1 N–H and O–H groups in total. The Labute approximate surface area is 119 Å². The number of anilines is 1. The molecule has 2 rings (SSSR count). The highest BCUT2D eigenvalue weighted by Crippen LogP contribution is 2.31. The van der Waals surface area contributed by atoms with E-state index in [1.807, 2.05) is 0 Å². The minimum Gasteiger partial charge on any atom is -0.437 e. The van der Waals surface area contributed by atoms with Gasteiger partial charge in [0.05, 0.1) is 5.69 Å². The molecule has 2 heterocycles. The van der Waals surface area contributed by atoms with E-state index >= 15 is 0 Å². The van der Waals surface area contributed by atoms with Crippen LogP contribution in [0.2, 0.25) is 0 Å². The molecule has 0 amide bonds. The minimum atomic E-state index is -4.57. The molecule has 0 aliphatic heterocycles. The molecule has 0 saturated carbocycles. The van der Waals surface area contributed by atoms with E-state index in [0.717, 1.165) is 6.07 Å². The number of nitrogens with one attached hydrogen (secondary N) is 1. The van der Waals surface area contributed by atoms with Gasteiger partial charge in [-0.2, -0.15) is 18.2 Å². The average Bonchev–Trinajstić information content (AvgIpc) is 2.41. The van der Waals surface area contributed by atoms with Crippen molar-refractivity contribution in [3.05, 3.63) is 35.8 Å². The number of hydrogen-bond donors (Lipinski definition) is 1. The van der Waals surface area contributed by atoms with Crippen LogP contribution in [0.15, 0.2) is 24.4 Å². The Morgan fingerprint density at radius 2 is 2.05 bits per heavy atom. The molecule has 112 valence electrons. The van der Waals surface area contributed by atoms with Crippen LogP contribution in [0, 0.1) is 6.92 Å². The SMILES string of the molecule is CCNc1nc(Oc2cccnc2C)cc(C(F)(F)F)n1. The van der Waals surface area contributed by atoms with Crippen molar-refractivity contribution in [3.63, 3.8) is 0 Å². The molecule has 5 nitrogen and oxygen atoms in total. The fraction of sp³-hybridized carbons (Fsp3) is 0.308. The molecule has 2 aromatic rings. The highest BCUT2D eigenvalue weighted by Gasteiger charge is 2.34. The lowest BCUT2D eigenvalue weighted by Gasteiger charge is -2.12. The van der Waals surface area contributed by atoms with Crippen molar-refractivity contribution in [1.29, 1.82) is 0 Å². The first-order valence-electron chi connectivity index (χ1n) is 6.19. The fourth-order valence-electron chi connectivity index (χ4n) is 1.55. The summed E-state index contributed by atoms with van der Waals surface area (Å²) in [6.45, 7) is 3.81. The number of rotatable bonds is 4.